The quantitative estimate of drug-likeness (QED) is 0.0147. The van der Waals surface area contributed by atoms with Gasteiger partial charge in [-0.25, -0.2) is 9.13 Å². The molecule has 0 aromatic rings. The molecule has 1 fully saturated rings. The molecule has 4 N–H and O–H groups in total. The maximum absolute atomic E-state index is 12.7. The van der Waals surface area contributed by atoms with Crippen molar-refractivity contribution >= 4 is 27.6 Å². The average molecular weight is 951 g/mol. The predicted octanol–water partition coefficient (Wildman–Crippen LogP) is 12.1. The van der Waals surface area contributed by atoms with Gasteiger partial charge >= 0.3 is 27.6 Å². The Kier molecular flexibility index (Phi) is 37.0. The maximum Gasteiger partial charge on any atom is 0.472 e. The molecule has 64 heavy (non-hydrogen) atoms. The van der Waals surface area contributed by atoms with E-state index in [1.54, 1.807) is 0 Å². The van der Waals surface area contributed by atoms with Gasteiger partial charge in [-0.1, -0.05) is 173 Å². The lowest BCUT2D eigenvalue weighted by Crippen LogP contribution is -2.30. The number of rotatable bonds is 45. The molecule has 14 nitrogen and oxygen atoms in total. The van der Waals surface area contributed by atoms with E-state index >= 15 is 0 Å². The van der Waals surface area contributed by atoms with E-state index in [1.165, 1.54) is 103 Å². The summed E-state index contributed by atoms with van der Waals surface area (Å²) in [5.74, 6) is -0.282. The predicted molar refractivity (Wildman–Crippen MR) is 252 cm³/mol. The number of ether oxygens (including phenoxy) is 3. The Morgan fingerprint density at radius 2 is 1.11 bits per heavy atom. The van der Waals surface area contributed by atoms with Crippen LogP contribution in [-0.4, -0.2) is 82.6 Å². The van der Waals surface area contributed by atoms with Crippen LogP contribution in [0.3, 0.4) is 0 Å². The van der Waals surface area contributed by atoms with Gasteiger partial charge in [0, 0.05) is 12.8 Å². The van der Waals surface area contributed by atoms with E-state index < -0.39 is 66.2 Å². The molecule has 1 rings (SSSR count). The van der Waals surface area contributed by atoms with Gasteiger partial charge in [-0.15, -0.1) is 0 Å². The summed E-state index contributed by atoms with van der Waals surface area (Å²) in [6.07, 6.45) is 40.1. The highest BCUT2D eigenvalue weighted by molar-refractivity contribution is 7.47. The number of phosphoric acid groups is 2. The fourth-order valence-electron chi connectivity index (χ4n) is 7.03. The molecule has 3 unspecified atom stereocenters. The monoisotopic (exact) mass is 951 g/mol. The Morgan fingerprint density at radius 3 is 1.69 bits per heavy atom. The Bertz CT molecular complexity index is 1350. The molecule has 0 aliphatic carbocycles. The Hall–Kier alpha value is -1.70. The number of carbonyl (C=O) groups excluding carboxylic acids is 2. The lowest BCUT2D eigenvalue weighted by molar-refractivity contribution is -0.161. The Morgan fingerprint density at radius 1 is 0.594 bits per heavy atom. The highest BCUT2D eigenvalue weighted by Crippen LogP contribution is 2.44. The van der Waals surface area contributed by atoms with Gasteiger partial charge in [0.25, 0.3) is 0 Å². The molecular weight excluding hydrogens is 862 g/mol. The number of aliphatic hydroxyl groups is 1. The minimum absolute atomic E-state index is 0.0807. The first-order valence-corrected chi connectivity index (χ1v) is 27.7. The smallest absolute Gasteiger partial charge is 0.462 e. The maximum atomic E-state index is 12.7. The van der Waals surface area contributed by atoms with Crippen molar-refractivity contribution in [3.8, 4) is 0 Å². The Labute approximate surface area is 386 Å². The van der Waals surface area contributed by atoms with Crippen molar-refractivity contribution in [2.45, 2.75) is 225 Å². The summed E-state index contributed by atoms with van der Waals surface area (Å²) >= 11 is 0. The number of hydrogen-bond acceptors (Lipinski definition) is 11. The minimum Gasteiger partial charge on any atom is -0.462 e. The molecule has 1 aliphatic heterocycles. The molecule has 0 spiro atoms. The highest BCUT2D eigenvalue weighted by atomic mass is 31.2. The van der Waals surface area contributed by atoms with E-state index in [2.05, 4.69) is 61.8 Å². The van der Waals surface area contributed by atoms with Crippen molar-refractivity contribution in [1.29, 1.82) is 0 Å². The molecule has 0 bridgehead atoms. The third kappa shape index (κ3) is 40.6. The van der Waals surface area contributed by atoms with Gasteiger partial charge in [-0.2, -0.15) is 0 Å². The molecule has 0 saturated carbocycles. The summed E-state index contributed by atoms with van der Waals surface area (Å²) in [6, 6.07) is 0. The second-order valence-electron chi connectivity index (χ2n) is 17.6. The van der Waals surface area contributed by atoms with Crippen LogP contribution in [0.1, 0.15) is 201 Å². The van der Waals surface area contributed by atoms with Crippen LogP contribution in [0.15, 0.2) is 36.5 Å². The molecule has 0 aromatic heterocycles. The van der Waals surface area contributed by atoms with Gasteiger partial charge in [-0.05, 0) is 57.3 Å². The van der Waals surface area contributed by atoms with Crippen molar-refractivity contribution < 1.29 is 66.3 Å². The molecule has 1 aliphatic rings. The number of aliphatic hydroxyl groups excluding tert-OH is 1. The zero-order valence-corrected chi connectivity index (χ0v) is 41.5. The first-order valence-electron chi connectivity index (χ1n) is 24.7. The average Bonchev–Trinajstić information content (AvgIpc) is 4.00. The largest absolute Gasteiger partial charge is 0.472 e. The van der Waals surface area contributed by atoms with Crippen LogP contribution < -0.4 is 0 Å². The van der Waals surface area contributed by atoms with Gasteiger partial charge in [0.05, 0.1) is 32.0 Å². The third-order valence-electron chi connectivity index (χ3n) is 10.9. The van der Waals surface area contributed by atoms with Crippen molar-refractivity contribution in [2.75, 3.05) is 26.4 Å². The minimum atomic E-state index is -4.87. The van der Waals surface area contributed by atoms with E-state index in [-0.39, 0.29) is 25.0 Å². The summed E-state index contributed by atoms with van der Waals surface area (Å²) in [4.78, 5) is 53.0. The normalized spacial score (nSPS) is 17.4. The second-order valence-corrected chi connectivity index (χ2v) is 20.3. The number of allylic oxidation sites excluding steroid dienone is 5. The molecule has 374 valence electrons. The first-order chi connectivity index (χ1) is 30.7. The molecule has 1 saturated heterocycles. The third-order valence-corrected chi connectivity index (χ3v) is 12.3. The van der Waals surface area contributed by atoms with Crippen molar-refractivity contribution in [3.05, 3.63) is 36.5 Å². The van der Waals surface area contributed by atoms with Crippen molar-refractivity contribution in [1.82, 2.24) is 0 Å². The Balaban J connectivity index is 2.35. The number of unbranched alkanes of at least 4 members (excludes halogenated alkanes) is 18. The van der Waals surface area contributed by atoms with Crippen molar-refractivity contribution in [2.24, 2.45) is 5.92 Å². The number of epoxide rings is 1. The van der Waals surface area contributed by atoms with Crippen LogP contribution in [-0.2, 0) is 46.5 Å². The molecule has 5 atom stereocenters. The van der Waals surface area contributed by atoms with Crippen LogP contribution in [0.25, 0.3) is 0 Å². The lowest BCUT2D eigenvalue weighted by Gasteiger charge is -2.20. The molecule has 16 heteroatoms. The fraction of sp³-hybridized carbons (Fsp3) is 0.833. The summed E-state index contributed by atoms with van der Waals surface area (Å²) in [7, 11) is -9.70. The second kappa shape index (κ2) is 39.3. The van der Waals surface area contributed by atoms with Gasteiger partial charge in [0.15, 0.2) is 6.10 Å². The van der Waals surface area contributed by atoms with E-state index in [0.717, 1.165) is 50.9 Å². The fourth-order valence-corrected chi connectivity index (χ4v) is 8.19. The van der Waals surface area contributed by atoms with Crippen LogP contribution in [0.2, 0.25) is 0 Å². The number of hydrogen-bond donors (Lipinski definition) is 4. The lowest BCUT2D eigenvalue weighted by atomic mass is 10.0. The van der Waals surface area contributed by atoms with Gasteiger partial charge in [0.2, 0.25) is 0 Å². The van der Waals surface area contributed by atoms with Crippen molar-refractivity contribution in [3.63, 3.8) is 0 Å². The van der Waals surface area contributed by atoms with E-state index in [4.69, 9.17) is 33.0 Å². The number of phosphoric ester groups is 2. The van der Waals surface area contributed by atoms with Crippen LogP contribution in [0, 0.1) is 5.92 Å². The zero-order valence-electron chi connectivity index (χ0n) is 39.7. The molecule has 1 heterocycles. The molecule has 0 amide bonds. The van der Waals surface area contributed by atoms with Crippen LogP contribution >= 0.6 is 15.6 Å². The highest BCUT2D eigenvalue weighted by Gasteiger charge is 2.37. The standard InChI is InChI=1S/C48H88O14P2/c1-4-5-6-7-8-9-10-18-21-24-27-30-34-45-46(62-45)35-32-37-47(50)57-40-44(41-60-64(55,56)59-39-43(49)38-58-63(52,53)54)61-48(51)36-31-28-25-22-19-16-14-12-11-13-15-17-20-23-26-29-33-42(2)3/h8-9,18,21,27,30,42-46,49H,4-7,10-17,19-20,22-26,28-29,31-41H2,1-3H3,(H,55,56)(H2,52,53,54)/b9-8-,21-18-,30-27-/t43-,44+,45?,46?/m0/s1. The van der Waals surface area contributed by atoms with E-state index in [1.807, 2.05) is 0 Å². The summed E-state index contributed by atoms with van der Waals surface area (Å²) in [5, 5.41) is 9.78. The SMILES string of the molecule is CCCCC/C=C\C/C=C\C/C=C\CC1OC1CCCC(=O)OC[C@H](COP(=O)(O)OC[C@@H](O)COP(=O)(O)O)OC(=O)CCCCCCCCCCCCCCCCCCC(C)C. The molecular formula is C48H88O14P2. The van der Waals surface area contributed by atoms with Gasteiger partial charge < -0.3 is 34.0 Å². The summed E-state index contributed by atoms with van der Waals surface area (Å²) in [6.45, 7) is 4.02. The van der Waals surface area contributed by atoms with E-state index in [0.29, 0.717) is 19.3 Å². The summed E-state index contributed by atoms with van der Waals surface area (Å²) in [5.41, 5.74) is 0. The molecule has 0 radical (unpaired) electrons. The zero-order chi connectivity index (χ0) is 47.2. The summed E-state index contributed by atoms with van der Waals surface area (Å²) < 4.78 is 53.7. The van der Waals surface area contributed by atoms with Gasteiger partial charge in [0.1, 0.15) is 12.7 Å². The molecule has 0 aromatic carbocycles. The number of carbonyl (C=O) groups is 2. The van der Waals surface area contributed by atoms with Crippen LogP contribution in [0.5, 0.6) is 0 Å². The van der Waals surface area contributed by atoms with Gasteiger partial charge in [-0.3, -0.25) is 23.2 Å². The topological polar surface area (TPSA) is 208 Å². The number of esters is 2. The first kappa shape index (κ1) is 60.3. The van der Waals surface area contributed by atoms with Crippen LogP contribution in [0.4, 0.5) is 0 Å². The van der Waals surface area contributed by atoms with E-state index in [9.17, 15) is 28.7 Å².